The Morgan fingerprint density at radius 2 is 2.00 bits per heavy atom. The fourth-order valence-corrected chi connectivity index (χ4v) is 4.57. The number of ether oxygens (including phenoxy) is 1. The Kier molecular flexibility index (Phi) is 6.11. The number of halogens is 2. The first-order valence-corrected chi connectivity index (χ1v) is 11.2. The third-order valence-corrected chi connectivity index (χ3v) is 6.38. The quantitative estimate of drug-likeness (QED) is 0.409. The third kappa shape index (κ3) is 4.24. The number of rotatable bonds is 6. The van der Waals surface area contributed by atoms with Gasteiger partial charge in [-0.25, -0.2) is 26.6 Å². The first-order chi connectivity index (χ1) is 16.2. The lowest BCUT2D eigenvalue weighted by Gasteiger charge is -2.11. The van der Waals surface area contributed by atoms with Gasteiger partial charge in [-0.3, -0.25) is 0 Å². The highest BCUT2D eigenvalue weighted by molar-refractivity contribution is 7.90. The second-order valence-electron chi connectivity index (χ2n) is 6.94. The minimum atomic E-state index is -4.47. The third-order valence-electron chi connectivity index (χ3n) is 4.72. The van der Waals surface area contributed by atoms with E-state index >= 15 is 4.39 Å². The number of hydrogen-bond donors (Lipinski definition) is 1. The van der Waals surface area contributed by atoms with Gasteiger partial charge in [0.15, 0.2) is 5.82 Å². The molecular weight excluding hydrogens is 472 g/mol. The molecule has 10 nitrogen and oxygen atoms in total. The second kappa shape index (κ2) is 9.02. The standard InChI is InChI=1S/C21H17F2N5O5S/c1-12-26-27-20(33-12)13-5-3-6-15(9-13)34(30,31)28-10-14(11-32-21(29)24-2)17(22)18(28)16-7-4-8-25-19(16)23/h3-10H,11H2,1-2H3,(H,24,29). The van der Waals surface area contributed by atoms with Crippen LogP contribution in [0.3, 0.4) is 0 Å². The Balaban J connectivity index is 1.87. The number of nitrogens with zero attached hydrogens (tertiary/aromatic N) is 4. The molecule has 1 N–H and O–H groups in total. The number of carbonyl (C=O) groups excluding carboxylic acids is 1. The molecule has 0 bridgehead atoms. The number of hydrogen-bond acceptors (Lipinski definition) is 8. The lowest BCUT2D eigenvalue weighted by Crippen LogP contribution is -2.19. The average molecular weight is 489 g/mol. The molecule has 1 aromatic carbocycles. The van der Waals surface area contributed by atoms with Crippen LogP contribution in [0.15, 0.2) is 58.1 Å². The summed E-state index contributed by atoms with van der Waals surface area (Å²) in [5.41, 5.74) is -0.959. The number of aryl methyl sites for hydroxylation is 1. The van der Waals surface area contributed by atoms with Gasteiger partial charge in [0.05, 0.1) is 10.5 Å². The monoisotopic (exact) mass is 489 g/mol. The zero-order valence-corrected chi connectivity index (χ0v) is 18.6. The molecule has 0 spiro atoms. The fourth-order valence-electron chi connectivity index (χ4n) is 3.13. The first-order valence-electron chi connectivity index (χ1n) is 9.73. The van der Waals surface area contributed by atoms with Gasteiger partial charge in [0.1, 0.15) is 12.3 Å². The van der Waals surface area contributed by atoms with Crippen molar-refractivity contribution in [3.63, 3.8) is 0 Å². The summed E-state index contributed by atoms with van der Waals surface area (Å²) in [5.74, 6) is -1.79. The Labute approximate surface area is 192 Å². The number of carbonyl (C=O) groups is 1. The largest absolute Gasteiger partial charge is 0.445 e. The van der Waals surface area contributed by atoms with Gasteiger partial charge in [-0.2, -0.15) is 4.39 Å². The van der Waals surface area contributed by atoms with Crippen molar-refractivity contribution < 1.29 is 31.1 Å². The highest BCUT2D eigenvalue weighted by Crippen LogP contribution is 2.33. The summed E-state index contributed by atoms with van der Waals surface area (Å²) in [6, 6.07) is 8.08. The van der Waals surface area contributed by atoms with Gasteiger partial charge in [0.2, 0.25) is 17.7 Å². The highest BCUT2D eigenvalue weighted by atomic mass is 32.2. The summed E-state index contributed by atoms with van der Waals surface area (Å²) in [6.45, 7) is 0.987. The molecule has 3 aromatic heterocycles. The van der Waals surface area contributed by atoms with Crippen molar-refractivity contribution in [1.29, 1.82) is 0 Å². The number of alkyl carbamates (subject to hydrolysis) is 1. The molecule has 0 fully saturated rings. The van der Waals surface area contributed by atoms with E-state index in [1.807, 2.05) is 0 Å². The van der Waals surface area contributed by atoms with Crippen LogP contribution < -0.4 is 5.32 Å². The molecule has 0 atom stereocenters. The molecule has 3 heterocycles. The molecule has 4 rings (SSSR count). The summed E-state index contributed by atoms with van der Waals surface area (Å²) >= 11 is 0. The van der Waals surface area contributed by atoms with Gasteiger partial charge in [0.25, 0.3) is 10.0 Å². The van der Waals surface area contributed by atoms with E-state index in [4.69, 9.17) is 9.15 Å². The molecular formula is C21H17F2N5O5S. The minimum Gasteiger partial charge on any atom is -0.445 e. The molecule has 34 heavy (non-hydrogen) atoms. The lowest BCUT2D eigenvalue weighted by molar-refractivity contribution is 0.141. The van der Waals surface area contributed by atoms with Crippen LogP contribution >= 0.6 is 0 Å². The van der Waals surface area contributed by atoms with Crippen molar-refractivity contribution in [2.75, 3.05) is 7.05 Å². The molecule has 0 aliphatic rings. The van der Waals surface area contributed by atoms with E-state index in [2.05, 4.69) is 20.5 Å². The average Bonchev–Trinajstić information content (AvgIpc) is 3.41. The number of nitrogens with one attached hydrogen (secondary N) is 1. The molecule has 176 valence electrons. The molecule has 0 radical (unpaired) electrons. The number of benzene rings is 1. The van der Waals surface area contributed by atoms with Crippen molar-refractivity contribution in [3.8, 4) is 22.7 Å². The van der Waals surface area contributed by atoms with Crippen LogP contribution in [0.4, 0.5) is 13.6 Å². The summed E-state index contributed by atoms with van der Waals surface area (Å²) in [4.78, 5) is 14.7. The molecule has 0 aliphatic carbocycles. The van der Waals surface area contributed by atoms with Crippen LogP contribution in [0.5, 0.6) is 0 Å². The first kappa shape index (κ1) is 23.0. The maximum absolute atomic E-state index is 15.4. The van der Waals surface area contributed by atoms with E-state index in [1.54, 1.807) is 13.0 Å². The zero-order valence-electron chi connectivity index (χ0n) is 17.8. The van der Waals surface area contributed by atoms with Crippen LogP contribution in [-0.4, -0.2) is 40.7 Å². The maximum atomic E-state index is 15.4. The molecule has 13 heteroatoms. The minimum absolute atomic E-state index is 0.0893. The summed E-state index contributed by atoms with van der Waals surface area (Å²) in [6.07, 6.45) is 1.22. The van der Waals surface area contributed by atoms with E-state index in [9.17, 15) is 17.6 Å². The van der Waals surface area contributed by atoms with Gasteiger partial charge in [-0.05, 0) is 30.3 Å². The van der Waals surface area contributed by atoms with Crippen LogP contribution in [0, 0.1) is 18.7 Å². The Bertz CT molecular complexity index is 1480. The Hall–Kier alpha value is -4.13. The van der Waals surface area contributed by atoms with Crippen molar-refractivity contribution in [1.82, 2.24) is 24.5 Å². The number of aromatic nitrogens is 4. The van der Waals surface area contributed by atoms with Crippen molar-refractivity contribution in [3.05, 3.63) is 72.0 Å². The molecule has 0 aliphatic heterocycles. The van der Waals surface area contributed by atoms with E-state index in [1.165, 1.54) is 37.4 Å². The summed E-state index contributed by atoms with van der Waals surface area (Å²) in [5, 5.41) is 9.78. The SMILES string of the molecule is CNC(=O)OCc1cn(S(=O)(=O)c2cccc(-c3nnc(C)o3)c2)c(-c2cccnc2F)c1F. The Morgan fingerprint density at radius 3 is 2.68 bits per heavy atom. The summed E-state index contributed by atoms with van der Waals surface area (Å²) < 4.78 is 67.8. The van der Waals surface area contributed by atoms with Gasteiger partial charge >= 0.3 is 6.09 Å². The highest BCUT2D eigenvalue weighted by Gasteiger charge is 2.29. The van der Waals surface area contributed by atoms with Gasteiger partial charge < -0.3 is 14.5 Å². The maximum Gasteiger partial charge on any atom is 0.407 e. The number of pyridine rings is 1. The fraction of sp³-hybridized carbons (Fsp3) is 0.143. The van der Waals surface area contributed by atoms with Gasteiger partial charge in [-0.15, -0.1) is 10.2 Å². The van der Waals surface area contributed by atoms with Crippen LogP contribution in [-0.2, 0) is 21.4 Å². The van der Waals surface area contributed by atoms with Crippen molar-refractivity contribution in [2.45, 2.75) is 18.4 Å². The van der Waals surface area contributed by atoms with Crippen molar-refractivity contribution >= 4 is 16.1 Å². The van der Waals surface area contributed by atoms with Gasteiger partial charge in [0, 0.05) is 37.5 Å². The normalized spacial score (nSPS) is 11.4. The van der Waals surface area contributed by atoms with E-state index in [0.717, 1.165) is 12.4 Å². The molecule has 4 aromatic rings. The smallest absolute Gasteiger partial charge is 0.407 e. The number of amides is 1. The Morgan fingerprint density at radius 1 is 1.21 bits per heavy atom. The predicted octanol–water partition coefficient (Wildman–Crippen LogP) is 3.28. The predicted molar refractivity (Wildman–Crippen MR) is 114 cm³/mol. The topological polar surface area (TPSA) is 129 Å². The molecule has 0 saturated heterocycles. The second-order valence-corrected chi connectivity index (χ2v) is 8.75. The molecule has 0 saturated carbocycles. The lowest BCUT2D eigenvalue weighted by atomic mass is 10.2. The molecule has 1 amide bonds. The van der Waals surface area contributed by atoms with Crippen LogP contribution in [0.25, 0.3) is 22.7 Å². The molecule has 0 unspecified atom stereocenters. The van der Waals surface area contributed by atoms with Crippen LogP contribution in [0.2, 0.25) is 0 Å². The van der Waals surface area contributed by atoms with Crippen LogP contribution in [0.1, 0.15) is 11.5 Å². The zero-order chi connectivity index (χ0) is 24.5. The van der Waals surface area contributed by atoms with E-state index < -0.39 is 45.7 Å². The van der Waals surface area contributed by atoms with Crippen molar-refractivity contribution in [2.24, 2.45) is 0 Å². The van der Waals surface area contributed by atoms with E-state index in [0.29, 0.717) is 9.54 Å². The summed E-state index contributed by atoms with van der Waals surface area (Å²) in [7, 11) is -3.16. The van der Waals surface area contributed by atoms with E-state index in [-0.39, 0.29) is 22.2 Å². The van der Waals surface area contributed by atoms with Gasteiger partial charge in [-0.1, -0.05) is 6.07 Å².